The lowest BCUT2D eigenvalue weighted by molar-refractivity contribution is -0.124. The molecule has 1 amide bonds. The summed E-state index contributed by atoms with van der Waals surface area (Å²) in [5.74, 6) is -0.694. The third-order valence-corrected chi connectivity index (χ3v) is 5.16. The maximum absolute atomic E-state index is 12.8. The molecular weight excluding hydrogens is 328 g/mol. The van der Waals surface area contributed by atoms with Crippen molar-refractivity contribution in [3.05, 3.63) is 72.0 Å². The van der Waals surface area contributed by atoms with E-state index in [-0.39, 0.29) is 4.90 Å². The fourth-order valence-corrected chi connectivity index (χ4v) is 3.31. The highest BCUT2D eigenvalue weighted by molar-refractivity contribution is 7.89. The number of likely N-dealkylation sites (N-methyl/N-ethyl adjacent to an activating group) is 1. The number of hydrogen-bond donors (Lipinski definition) is 2. The van der Waals surface area contributed by atoms with Crippen molar-refractivity contribution >= 4 is 22.0 Å². The van der Waals surface area contributed by atoms with Gasteiger partial charge in [-0.2, -0.15) is 0 Å². The van der Waals surface area contributed by atoms with Crippen LogP contribution < -0.4 is 5.48 Å². The zero-order chi connectivity index (χ0) is 17.6. The van der Waals surface area contributed by atoms with E-state index in [9.17, 15) is 13.2 Å². The van der Waals surface area contributed by atoms with Crippen LogP contribution in [-0.4, -0.2) is 30.9 Å². The molecule has 2 N–H and O–H groups in total. The summed E-state index contributed by atoms with van der Waals surface area (Å²) in [4.78, 5) is 11.1. The molecule has 0 spiro atoms. The van der Waals surface area contributed by atoms with E-state index in [1.54, 1.807) is 24.3 Å². The molecule has 126 valence electrons. The topological polar surface area (TPSA) is 86.7 Å². The Balaban J connectivity index is 2.32. The second-order valence-corrected chi connectivity index (χ2v) is 6.98. The van der Waals surface area contributed by atoms with Crippen LogP contribution in [0.3, 0.4) is 0 Å². The zero-order valence-corrected chi connectivity index (χ0v) is 13.9. The Kier molecular flexibility index (Phi) is 5.73. The summed E-state index contributed by atoms with van der Waals surface area (Å²) in [6.07, 6.45) is 12.4. The minimum Gasteiger partial charge on any atom is -0.288 e. The number of hydrogen-bond acceptors (Lipinski definition) is 4. The minimum atomic E-state index is -3.73. The third-order valence-electron chi connectivity index (χ3n) is 3.38. The second kappa shape index (κ2) is 7.76. The van der Waals surface area contributed by atoms with Crippen LogP contribution >= 0.6 is 0 Å². The highest BCUT2D eigenvalue weighted by Gasteiger charge is 2.22. The summed E-state index contributed by atoms with van der Waals surface area (Å²) in [5.41, 5.74) is 2.56. The molecule has 0 saturated heterocycles. The maximum Gasteiger partial charge on any atom is 0.267 e. The number of nitrogens with one attached hydrogen (secondary N) is 1. The van der Waals surface area contributed by atoms with Crippen LogP contribution in [0, 0.1) is 0 Å². The highest BCUT2D eigenvalue weighted by atomic mass is 32.2. The number of carbonyl (C=O) groups excluding carboxylic acids is 1. The first-order chi connectivity index (χ1) is 11.4. The van der Waals surface area contributed by atoms with Gasteiger partial charge in [0.2, 0.25) is 0 Å². The number of benzene rings is 1. The van der Waals surface area contributed by atoms with Gasteiger partial charge in [-0.15, -0.1) is 0 Å². The van der Waals surface area contributed by atoms with Gasteiger partial charge in [-0.25, -0.2) is 13.9 Å². The second-order valence-electron chi connectivity index (χ2n) is 5.01. The Morgan fingerprint density at radius 1 is 1.33 bits per heavy atom. The van der Waals surface area contributed by atoms with E-state index < -0.39 is 15.9 Å². The lowest BCUT2D eigenvalue weighted by Crippen LogP contribution is -2.25. The van der Waals surface area contributed by atoms with E-state index in [2.05, 4.69) is 0 Å². The normalized spacial score (nSPS) is 14.3. The van der Waals surface area contributed by atoms with Gasteiger partial charge in [-0.3, -0.25) is 14.3 Å². The fourth-order valence-electron chi connectivity index (χ4n) is 2.06. The van der Waals surface area contributed by atoms with Crippen molar-refractivity contribution in [1.82, 2.24) is 9.79 Å². The molecular formula is C17H18N2O4S. The number of nitrogens with zero attached hydrogens (tertiary/aromatic N) is 1. The minimum absolute atomic E-state index is 0.110. The summed E-state index contributed by atoms with van der Waals surface area (Å²) in [5, 5.41) is 8.47. The van der Waals surface area contributed by atoms with Crippen LogP contribution in [0.2, 0.25) is 0 Å². The Labute approximate surface area is 141 Å². The lowest BCUT2D eigenvalue weighted by Gasteiger charge is -2.20. The van der Waals surface area contributed by atoms with Gasteiger partial charge in [-0.05, 0) is 42.3 Å². The van der Waals surface area contributed by atoms with E-state index in [1.807, 2.05) is 18.2 Å². The van der Waals surface area contributed by atoms with Crippen LogP contribution in [0.25, 0.3) is 6.08 Å². The smallest absolute Gasteiger partial charge is 0.267 e. The molecule has 6 nitrogen and oxygen atoms in total. The molecule has 0 aliphatic heterocycles. The lowest BCUT2D eigenvalue weighted by atomic mass is 10.2. The molecule has 0 heterocycles. The first-order valence-corrected chi connectivity index (χ1v) is 8.63. The predicted octanol–water partition coefficient (Wildman–Crippen LogP) is 2.23. The van der Waals surface area contributed by atoms with Crippen molar-refractivity contribution in [1.29, 1.82) is 0 Å². The first kappa shape index (κ1) is 17.7. The summed E-state index contributed by atoms with van der Waals surface area (Å²) in [6.45, 7) is 0. The molecule has 0 fully saturated rings. The SMILES string of the molecule is CN(C1=CC=CCC=C1)S(=O)(=O)c1cccc(/C=C/C(=O)NO)c1. The van der Waals surface area contributed by atoms with Gasteiger partial charge in [0.25, 0.3) is 15.9 Å². The van der Waals surface area contributed by atoms with E-state index in [1.165, 1.54) is 35.0 Å². The van der Waals surface area contributed by atoms with Gasteiger partial charge >= 0.3 is 0 Å². The number of carbonyl (C=O) groups is 1. The van der Waals surface area contributed by atoms with Gasteiger partial charge in [0.1, 0.15) is 0 Å². The fraction of sp³-hybridized carbons (Fsp3) is 0.118. The van der Waals surface area contributed by atoms with Crippen LogP contribution in [0.15, 0.2) is 71.3 Å². The zero-order valence-electron chi connectivity index (χ0n) is 13.1. The quantitative estimate of drug-likeness (QED) is 0.486. The van der Waals surface area contributed by atoms with E-state index in [0.29, 0.717) is 11.3 Å². The third kappa shape index (κ3) is 4.21. The molecule has 0 aromatic heterocycles. The Morgan fingerprint density at radius 2 is 2.12 bits per heavy atom. The van der Waals surface area contributed by atoms with Crippen LogP contribution in [0.1, 0.15) is 12.0 Å². The predicted molar refractivity (Wildman–Crippen MR) is 91.3 cm³/mol. The molecule has 0 unspecified atom stereocenters. The Bertz CT molecular complexity index is 836. The molecule has 1 aliphatic carbocycles. The largest absolute Gasteiger partial charge is 0.288 e. The van der Waals surface area contributed by atoms with Crippen molar-refractivity contribution < 1.29 is 18.4 Å². The van der Waals surface area contributed by atoms with Crippen LogP contribution in [0.5, 0.6) is 0 Å². The van der Waals surface area contributed by atoms with Gasteiger partial charge in [0.05, 0.1) is 10.6 Å². The molecule has 0 radical (unpaired) electrons. The number of sulfonamides is 1. The summed E-state index contributed by atoms with van der Waals surface area (Å²) < 4.78 is 26.8. The molecule has 24 heavy (non-hydrogen) atoms. The molecule has 1 aliphatic rings. The number of amides is 1. The average molecular weight is 346 g/mol. The molecule has 7 heteroatoms. The highest BCUT2D eigenvalue weighted by Crippen LogP contribution is 2.21. The Morgan fingerprint density at radius 3 is 2.88 bits per heavy atom. The summed E-state index contributed by atoms with van der Waals surface area (Å²) in [7, 11) is -2.23. The number of allylic oxidation sites excluding steroid dienone is 5. The van der Waals surface area contributed by atoms with Gasteiger partial charge in [0.15, 0.2) is 0 Å². The van der Waals surface area contributed by atoms with E-state index >= 15 is 0 Å². The van der Waals surface area contributed by atoms with Gasteiger partial charge in [-0.1, -0.05) is 30.4 Å². The molecule has 0 bridgehead atoms. The average Bonchev–Trinajstić information content (AvgIpc) is 2.88. The number of hydroxylamine groups is 1. The first-order valence-electron chi connectivity index (χ1n) is 7.19. The monoisotopic (exact) mass is 346 g/mol. The van der Waals surface area contributed by atoms with Crippen molar-refractivity contribution in [3.8, 4) is 0 Å². The molecule has 0 atom stereocenters. The summed E-state index contributed by atoms with van der Waals surface area (Å²) in [6, 6.07) is 6.21. The standard InChI is InChI=1S/C17H18N2O4S/c1-19(15-8-4-2-3-5-9-15)24(22,23)16-10-6-7-14(13-16)11-12-17(20)18-21/h2,4-13,21H,3H2,1H3,(H,18,20)/b12-11+. The van der Waals surface area contributed by atoms with Crippen molar-refractivity contribution in [2.45, 2.75) is 11.3 Å². The van der Waals surface area contributed by atoms with E-state index in [0.717, 1.165) is 12.5 Å². The van der Waals surface area contributed by atoms with Crippen molar-refractivity contribution in [3.63, 3.8) is 0 Å². The van der Waals surface area contributed by atoms with Gasteiger partial charge in [0, 0.05) is 13.1 Å². The summed E-state index contributed by atoms with van der Waals surface area (Å²) >= 11 is 0. The molecule has 1 aromatic carbocycles. The molecule has 0 saturated carbocycles. The Hall–Kier alpha value is -2.64. The number of rotatable bonds is 5. The molecule has 2 rings (SSSR count). The maximum atomic E-state index is 12.8. The van der Waals surface area contributed by atoms with Crippen molar-refractivity contribution in [2.75, 3.05) is 7.05 Å². The van der Waals surface area contributed by atoms with E-state index in [4.69, 9.17) is 5.21 Å². The van der Waals surface area contributed by atoms with Crippen LogP contribution in [0.4, 0.5) is 0 Å². The van der Waals surface area contributed by atoms with Gasteiger partial charge < -0.3 is 0 Å². The van der Waals surface area contributed by atoms with Crippen LogP contribution in [-0.2, 0) is 14.8 Å². The van der Waals surface area contributed by atoms with Crippen molar-refractivity contribution in [2.24, 2.45) is 0 Å². The molecule has 1 aromatic rings.